The lowest BCUT2D eigenvalue weighted by Gasteiger charge is -2.21. The van der Waals surface area contributed by atoms with Crippen molar-refractivity contribution in [3.05, 3.63) is 65.5 Å². The zero-order valence-electron chi connectivity index (χ0n) is 17.1. The number of carbonyl (C=O) groups is 2. The summed E-state index contributed by atoms with van der Waals surface area (Å²) in [6.07, 6.45) is 1.20. The van der Waals surface area contributed by atoms with Crippen molar-refractivity contribution in [1.29, 1.82) is 0 Å². The largest absolute Gasteiger partial charge is 0.396 e. The minimum Gasteiger partial charge on any atom is -0.396 e. The van der Waals surface area contributed by atoms with Crippen LogP contribution in [0.5, 0.6) is 0 Å². The molecule has 0 aliphatic heterocycles. The van der Waals surface area contributed by atoms with Crippen LogP contribution in [0, 0.1) is 5.92 Å². The van der Waals surface area contributed by atoms with E-state index in [4.69, 9.17) is 5.73 Å². The summed E-state index contributed by atoms with van der Waals surface area (Å²) in [5.41, 5.74) is 7.51. The summed E-state index contributed by atoms with van der Waals surface area (Å²) in [4.78, 5) is 32.3. The van der Waals surface area contributed by atoms with E-state index in [1.165, 1.54) is 6.33 Å². The van der Waals surface area contributed by atoms with Gasteiger partial charge in [0, 0.05) is 24.8 Å². The van der Waals surface area contributed by atoms with Crippen LogP contribution in [0.15, 0.2) is 48.8 Å². The molecule has 3 aromatic rings. The van der Waals surface area contributed by atoms with Gasteiger partial charge >= 0.3 is 0 Å². The SMILES string of the molecule is NC(=O)c1cccc2c(NC(CCO)c3cccc(CC(=O)C4CC4(F)F)c3)ncnc12. The first-order chi connectivity index (χ1) is 15.3. The van der Waals surface area contributed by atoms with Gasteiger partial charge in [0.1, 0.15) is 17.9 Å². The van der Waals surface area contributed by atoms with Crippen molar-refractivity contribution in [1.82, 2.24) is 9.97 Å². The molecule has 4 N–H and O–H groups in total. The number of nitrogens with zero attached hydrogens (tertiary/aromatic N) is 2. The van der Waals surface area contributed by atoms with Crippen LogP contribution in [0.3, 0.4) is 0 Å². The third-order valence-electron chi connectivity index (χ3n) is 5.61. The van der Waals surface area contributed by atoms with Gasteiger partial charge in [0.05, 0.1) is 23.0 Å². The first kappa shape index (κ1) is 21.8. The standard InChI is InChI=1S/C23H22F2N4O3/c24-23(25)11-17(23)19(31)10-13-3-1-4-14(9-13)18(7-8-30)29-22-16-6-2-5-15(21(26)32)20(16)27-12-28-22/h1-6,9,12,17-18,30H,7-8,10-11H2,(H2,26,32)(H,27,28,29). The molecule has 4 rings (SSSR count). The van der Waals surface area contributed by atoms with E-state index in [1.54, 1.807) is 36.4 Å². The number of primary amides is 1. The Labute approximate surface area is 182 Å². The molecule has 1 heterocycles. The van der Waals surface area contributed by atoms with Crippen molar-refractivity contribution in [3.63, 3.8) is 0 Å². The normalized spacial score (nSPS) is 17.7. The van der Waals surface area contributed by atoms with Crippen LogP contribution >= 0.6 is 0 Å². The molecule has 2 aromatic carbocycles. The molecule has 9 heteroatoms. The van der Waals surface area contributed by atoms with Crippen molar-refractivity contribution in [2.24, 2.45) is 11.7 Å². The highest BCUT2D eigenvalue weighted by Crippen LogP contribution is 2.49. The summed E-state index contributed by atoms with van der Waals surface area (Å²) >= 11 is 0. The van der Waals surface area contributed by atoms with Crippen molar-refractivity contribution in [3.8, 4) is 0 Å². The molecule has 1 amide bonds. The number of hydrogen-bond donors (Lipinski definition) is 3. The Balaban J connectivity index is 1.61. The number of rotatable bonds is 9. The fourth-order valence-electron chi connectivity index (χ4n) is 3.82. The molecule has 7 nitrogen and oxygen atoms in total. The Kier molecular flexibility index (Phi) is 5.84. The quantitative estimate of drug-likeness (QED) is 0.471. The number of ketones is 1. The molecule has 0 saturated heterocycles. The predicted molar refractivity (Wildman–Crippen MR) is 114 cm³/mol. The fraction of sp³-hybridized carbons (Fsp3) is 0.304. The van der Waals surface area contributed by atoms with Crippen molar-refractivity contribution in [2.45, 2.75) is 31.2 Å². The highest BCUT2D eigenvalue weighted by molar-refractivity contribution is 6.06. The summed E-state index contributed by atoms with van der Waals surface area (Å²) in [5, 5.41) is 13.4. The number of benzene rings is 2. The maximum Gasteiger partial charge on any atom is 0.258 e. The third-order valence-corrected chi connectivity index (χ3v) is 5.61. The van der Waals surface area contributed by atoms with Crippen LogP contribution in [-0.4, -0.2) is 39.3 Å². The highest BCUT2D eigenvalue weighted by Gasteiger charge is 2.60. The third kappa shape index (κ3) is 4.43. The number of halogens is 2. The first-order valence-electron chi connectivity index (χ1n) is 10.2. The van der Waals surface area contributed by atoms with Crippen LogP contribution in [-0.2, 0) is 11.2 Å². The molecule has 1 aliphatic rings. The number of anilines is 1. The number of hydrogen-bond acceptors (Lipinski definition) is 6. The minimum atomic E-state index is -2.88. The van der Waals surface area contributed by atoms with E-state index in [1.807, 2.05) is 6.07 Å². The van der Waals surface area contributed by atoms with E-state index in [9.17, 15) is 23.5 Å². The second-order valence-electron chi connectivity index (χ2n) is 7.90. The van der Waals surface area contributed by atoms with E-state index in [0.29, 0.717) is 28.7 Å². The van der Waals surface area contributed by atoms with Crippen LogP contribution in [0.1, 0.15) is 40.4 Å². The van der Waals surface area contributed by atoms with Gasteiger partial charge in [-0.2, -0.15) is 0 Å². The second kappa shape index (κ2) is 8.58. The lowest BCUT2D eigenvalue weighted by atomic mass is 9.98. The van der Waals surface area contributed by atoms with Gasteiger partial charge in [0.25, 0.3) is 11.8 Å². The van der Waals surface area contributed by atoms with E-state index in [2.05, 4.69) is 15.3 Å². The summed E-state index contributed by atoms with van der Waals surface area (Å²) < 4.78 is 26.4. The maximum atomic E-state index is 13.2. The Morgan fingerprint density at radius 3 is 2.66 bits per heavy atom. The number of aliphatic hydroxyl groups excluding tert-OH is 1. The lowest BCUT2D eigenvalue weighted by molar-refractivity contribution is -0.121. The van der Waals surface area contributed by atoms with Crippen LogP contribution in [0.25, 0.3) is 10.9 Å². The Hall–Kier alpha value is -3.46. The number of nitrogens with one attached hydrogen (secondary N) is 1. The summed E-state index contributed by atoms with van der Waals surface area (Å²) in [5.74, 6) is -4.70. The van der Waals surface area contributed by atoms with Gasteiger partial charge in [0.15, 0.2) is 0 Å². The second-order valence-corrected chi connectivity index (χ2v) is 7.90. The van der Waals surface area contributed by atoms with E-state index >= 15 is 0 Å². The zero-order chi connectivity index (χ0) is 22.9. The zero-order valence-corrected chi connectivity index (χ0v) is 17.1. The maximum absolute atomic E-state index is 13.2. The average Bonchev–Trinajstić information content (AvgIpc) is 3.41. The van der Waals surface area contributed by atoms with E-state index < -0.39 is 23.5 Å². The Bertz CT molecular complexity index is 1180. The van der Waals surface area contributed by atoms with Crippen molar-refractivity contribution < 1.29 is 23.5 Å². The number of nitrogens with two attached hydrogens (primary N) is 1. The highest BCUT2D eigenvalue weighted by atomic mass is 19.3. The number of aliphatic hydroxyl groups is 1. The van der Waals surface area contributed by atoms with Gasteiger partial charge in [-0.25, -0.2) is 18.7 Å². The molecule has 1 aliphatic carbocycles. The van der Waals surface area contributed by atoms with Crippen LogP contribution in [0.2, 0.25) is 0 Å². The molecule has 0 bridgehead atoms. The average molecular weight is 440 g/mol. The van der Waals surface area contributed by atoms with E-state index in [0.717, 1.165) is 5.56 Å². The minimum absolute atomic E-state index is 0.0711. The molecular weight excluding hydrogens is 418 g/mol. The fourth-order valence-corrected chi connectivity index (χ4v) is 3.82. The smallest absolute Gasteiger partial charge is 0.258 e. The van der Waals surface area contributed by atoms with Crippen LogP contribution in [0.4, 0.5) is 14.6 Å². The lowest BCUT2D eigenvalue weighted by Crippen LogP contribution is -2.16. The van der Waals surface area contributed by atoms with Crippen molar-refractivity contribution >= 4 is 28.4 Å². The summed E-state index contributed by atoms with van der Waals surface area (Å²) in [6, 6.07) is 11.7. The number of alkyl halides is 2. The molecular formula is C23H22F2N4O3. The molecule has 166 valence electrons. The van der Waals surface area contributed by atoms with E-state index in [-0.39, 0.29) is 31.1 Å². The molecule has 2 unspecified atom stereocenters. The number of amides is 1. The molecule has 1 aromatic heterocycles. The Morgan fingerprint density at radius 1 is 1.22 bits per heavy atom. The van der Waals surface area contributed by atoms with Crippen LogP contribution < -0.4 is 11.1 Å². The summed E-state index contributed by atoms with van der Waals surface area (Å²) in [6.45, 7) is -0.120. The molecule has 1 saturated carbocycles. The van der Waals surface area contributed by atoms with Crippen molar-refractivity contribution in [2.75, 3.05) is 11.9 Å². The predicted octanol–water partition coefficient (Wildman–Crippen LogP) is 3.03. The van der Waals surface area contributed by atoms with Gasteiger partial charge in [0.2, 0.25) is 0 Å². The molecule has 1 fully saturated rings. The van der Waals surface area contributed by atoms with Gasteiger partial charge in [-0.1, -0.05) is 30.3 Å². The molecule has 0 spiro atoms. The number of aromatic nitrogens is 2. The monoisotopic (exact) mass is 440 g/mol. The van der Waals surface area contributed by atoms with Gasteiger partial charge in [-0.15, -0.1) is 0 Å². The van der Waals surface area contributed by atoms with Gasteiger partial charge in [-0.05, 0) is 29.7 Å². The summed E-state index contributed by atoms with van der Waals surface area (Å²) in [7, 11) is 0. The number of para-hydroxylation sites is 1. The first-order valence-corrected chi connectivity index (χ1v) is 10.2. The Morgan fingerprint density at radius 2 is 1.97 bits per heavy atom. The van der Waals surface area contributed by atoms with Gasteiger partial charge < -0.3 is 16.2 Å². The number of Topliss-reactive ketones (excluding diaryl/α,β-unsaturated/α-hetero) is 1. The molecule has 32 heavy (non-hydrogen) atoms. The van der Waals surface area contributed by atoms with Gasteiger partial charge in [-0.3, -0.25) is 9.59 Å². The number of carbonyl (C=O) groups excluding carboxylic acids is 2. The topological polar surface area (TPSA) is 118 Å². The molecule has 0 radical (unpaired) electrons. The molecule has 2 atom stereocenters. The number of fused-ring (bicyclic) bond motifs is 1.